The summed E-state index contributed by atoms with van der Waals surface area (Å²) in [5.41, 5.74) is 2.53. The van der Waals surface area contributed by atoms with Crippen LogP contribution >= 0.6 is 39.1 Å². The van der Waals surface area contributed by atoms with E-state index in [1.54, 1.807) is 18.2 Å². The second kappa shape index (κ2) is 16.0. The first-order valence-electron chi connectivity index (χ1n) is 14.8. The molecule has 0 aromatic heterocycles. The third-order valence-corrected chi connectivity index (χ3v) is 10.4. The molecular formula is C35H36BrCl2N3O4S. The largest absolute Gasteiger partial charge is 0.352 e. The number of carbonyl (C=O) groups is 2. The van der Waals surface area contributed by atoms with Crippen LogP contribution in [0.5, 0.6) is 0 Å². The van der Waals surface area contributed by atoms with Gasteiger partial charge in [0, 0.05) is 28.5 Å². The predicted octanol–water partition coefficient (Wildman–Crippen LogP) is 7.81. The van der Waals surface area contributed by atoms with Gasteiger partial charge in [-0.15, -0.1) is 0 Å². The van der Waals surface area contributed by atoms with Crippen molar-refractivity contribution in [3.8, 4) is 0 Å². The zero-order valence-electron chi connectivity index (χ0n) is 25.8. The van der Waals surface area contributed by atoms with Crippen molar-refractivity contribution >= 4 is 66.7 Å². The normalized spacial score (nSPS) is 12.7. The molecule has 2 amide bonds. The van der Waals surface area contributed by atoms with E-state index in [9.17, 15) is 18.0 Å². The number of rotatable bonds is 13. The molecule has 0 spiro atoms. The lowest BCUT2D eigenvalue weighted by Gasteiger charge is -2.34. The van der Waals surface area contributed by atoms with Gasteiger partial charge in [0.15, 0.2) is 0 Å². The Morgan fingerprint density at radius 2 is 1.57 bits per heavy atom. The highest BCUT2D eigenvalue weighted by molar-refractivity contribution is 9.10. The summed E-state index contributed by atoms with van der Waals surface area (Å²) in [5, 5.41) is 3.38. The molecule has 4 rings (SSSR count). The Morgan fingerprint density at radius 1 is 0.891 bits per heavy atom. The Hall–Kier alpha value is -3.37. The lowest BCUT2D eigenvalue weighted by atomic mass is 10.0. The standard InChI is InChI=1S/C35H36BrCl2N3O4S/c1-4-25(3)39-35(43)33(20-26-9-6-5-7-10-26)40(22-27-11-8-12-28(36)19-27)34(42)23-41(32-21-29(37)15-18-31(32)38)46(44,45)30-16-13-24(2)14-17-30/h5-19,21,25,33H,4,20,22-23H2,1-3H3,(H,39,43)/t25-,33+/m1/s1. The molecule has 0 aliphatic carbocycles. The smallest absolute Gasteiger partial charge is 0.264 e. The van der Waals surface area contributed by atoms with Gasteiger partial charge in [0.25, 0.3) is 10.0 Å². The van der Waals surface area contributed by atoms with Gasteiger partial charge in [-0.2, -0.15) is 0 Å². The third-order valence-electron chi connectivity index (χ3n) is 7.58. The van der Waals surface area contributed by atoms with E-state index in [2.05, 4.69) is 21.2 Å². The molecule has 0 radical (unpaired) electrons. The Labute approximate surface area is 289 Å². The van der Waals surface area contributed by atoms with Gasteiger partial charge in [-0.1, -0.05) is 106 Å². The van der Waals surface area contributed by atoms with Crippen LogP contribution in [0.4, 0.5) is 5.69 Å². The van der Waals surface area contributed by atoms with Crippen molar-refractivity contribution < 1.29 is 18.0 Å². The highest BCUT2D eigenvalue weighted by Crippen LogP contribution is 2.33. The van der Waals surface area contributed by atoms with Gasteiger partial charge in [0.1, 0.15) is 12.6 Å². The molecule has 1 N–H and O–H groups in total. The Balaban J connectivity index is 1.84. The predicted molar refractivity (Wildman–Crippen MR) is 189 cm³/mol. The van der Waals surface area contributed by atoms with Crippen molar-refractivity contribution in [2.45, 2.75) is 57.1 Å². The molecular weight excluding hydrogens is 709 g/mol. The van der Waals surface area contributed by atoms with Crippen LogP contribution in [0.25, 0.3) is 0 Å². The fourth-order valence-corrected chi connectivity index (χ4v) is 7.16. The molecule has 11 heteroatoms. The zero-order valence-corrected chi connectivity index (χ0v) is 29.7. The maximum absolute atomic E-state index is 14.6. The van der Waals surface area contributed by atoms with Crippen molar-refractivity contribution in [3.63, 3.8) is 0 Å². The molecule has 0 aliphatic rings. The van der Waals surface area contributed by atoms with Crippen LogP contribution in [0.1, 0.15) is 37.0 Å². The van der Waals surface area contributed by atoms with Gasteiger partial charge in [-0.05, 0) is 73.9 Å². The summed E-state index contributed by atoms with van der Waals surface area (Å²) in [6.07, 6.45) is 0.907. The van der Waals surface area contributed by atoms with Gasteiger partial charge >= 0.3 is 0 Å². The summed E-state index contributed by atoms with van der Waals surface area (Å²) in [5.74, 6) is -0.929. The van der Waals surface area contributed by atoms with Crippen molar-refractivity contribution in [1.82, 2.24) is 10.2 Å². The number of nitrogens with zero attached hydrogens (tertiary/aromatic N) is 2. The van der Waals surface area contributed by atoms with Crippen LogP contribution in [-0.4, -0.2) is 43.8 Å². The summed E-state index contributed by atoms with van der Waals surface area (Å²) >= 11 is 16.4. The van der Waals surface area contributed by atoms with Crippen LogP contribution in [0.2, 0.25) is 10.0 Å². The second-order valence-electron chi connectivity index (χ2n) is 11.1. The van der Waals surface area contributed by atoms with Crippen molar-refractivity contribution in [1.29, 1.82) is 0 Å². The van der Waals surface area contributed by atoms with E-state index in [4.69, 9.17) is 23.2 Å². The highest BCUT2D eigenvalue weighted by Gasteiger charge is 2.35. The number of sulfonamides is 1. The van der Waals surface area contributed by atoms with Crippen molar-refractivity contribution in [2.24, 2.45) is 0 Å². The SMILES string of the molecule is CC[C@@H](C)NC(=O)[C@H](Cc1ccccc1)N(Cc1cccc(Br)c1)C(=O)CN(c1cc(Cl)ccc1Cl)S(=O)(=O)c1ccc(C)cc1. The average Bonchev–Trinajstić information content (AvgIpc) is 3.03. The van der Waals surface area contributed by atoms with Crippen molar-refractivity contribution in [2.75, 3.05) is 10.8 Å². The molecule has 46 heavy (non-hydrogen) atoms. The van der Waals surface area contributed by atoms with Gasteiger partial charge in [-0.25, -0.2) is 8.42 Å². The quantitative estimate of drug-likeness (QED) is 0.151. The lowest BCUT2D eigenvalue weighted by Crippen LogP contribution is -2.54. The monoisotopic (exact) mass is 743 g/mol. The number of carbonyl (C=O) groups excluding carboxylic acids is 2. The molecule has 4 aromatic carbocycles. The van der Waals surface area contributed by atoms with Crippen LogP contribution in [0, 0.1) is 6.92 Å². The molecule has 0 saturated carbocycles. The van der Waals surface area contributed by atoms with Crippen LogP contribution in [0.15, 0.2) is 106 Å². The number of hydrogen-bond donors (Lipinski definition) is 1. The van der Waals surface area contributed by atoms with E-state index < -0.39 is 28.5 Å². The number of aryl methyl sites for hydroxylation is 1. The topological polar surface area (TPSA) is 86.8 Å². The molecule has 7 nitrogen and oxygen atoms in total. The summed E-state index contributed by atoms with van der Waals surface area (Å²) < 4.78 is 30.2. The Morgan fingerprint density at radius 3 is 2.22 bits per heavy atom. The Bertz CT molecular complexity index is 1770. The molecule has 0 aliphatic heterocycles. The van der Waals surface area contributed by atoms with Gasteiger partial charge in [-0.3, -0.25) is 13.9 Å². The summed E-state index contributed by atoms with van der Waals surface area (Å²) in [6, 6.07) is 26.5. The molecule has 0 saturated heterocycles. The van der Waals surface area contributed by atoms with E-state index in [1.165, 1.54) is 29.2 Å². The van der Waals surface area contributed by atoms with Gasteiger partial charge < -0.3 is 10.2 Å². The van der Waals surface area contributed by atoms with Gasteiger partial charge in [0.2, 0.25) is 11.8 Å². The zero-order chi connectivity index (χ0) is 33.4. The molecule has 4 aromatic rings. The first kappa shape index (κ1) is 35.5. The fourth-order valence-electron chi connectivity index (χ4n) is 4.85. The average molecular weight is 746 g/mol. The number of halogens is 3. The third kappa shape index (κ3) is 9.12. The van der Waals surface area contributed by atoms with Crippen LogP contribution in [0.3, 0.4) is 0 Å². The molecule has 0 unspecified atom stereocenters. The minimum Gasteiger partial charge on any atom is -0.352 e. The maximum atomic E-state index is 14.6. The number of hydrogen-bond acceptors (Lipinski definition) is 4. The van der Waals surface area contributed by atoms with E-state index in [-0.39, 0.29) is 45.5 Å². The number of benzene rings is 4. The summed E-state index contributed by atoms with van der Waals surface area (Å²) in [4.78, 5) is 30.0. The molecule has 0 bridgehead atoms. The molecule has 0 fully saturated rings. The summed E-state index contributed by atoms with van der Waals surface area (Å²) in [7, 11) is -4.31. The molecule has 242 valence electrons. The van der Waals surface area contributed by atoms with E-state index in [0.29, 0.717) is 6.42 Å². The minimum atomic E-state index is -4.31. The fraction of sp³-hybridized carbons (Fsp3) is 0.257. The second-order valence-corrected chi connectivity index (χ2v) is 14.7. The number of amides is 2. The highest BCUT2D eigenvalue weighted by atomic mass is 79.9. The Kier molecular flexibility index (Phi) is 12.3. The van der Waals surface area contributed by atoms with Crippen LogP contribution < -0.4 is 9.62 Å². The maximum Gasteiger partial charge on any atom is 0.264 e. The first-order valence-corrected chi connectivity index (χ1v) is 17.8. The first-order chi connectivity index (χ1) is 21.9. The number of nitrogens with one attached hydrogen (secondary N) is 1. The summed E-state index contributed by atoms with van der Waals surface area (Å²) in [6.45, 7) is 5.12. The van der Waals surface area contributed by atoms with E-state index in [0.717, 1.165) is 25.5 Å². The van der Waals surface area contributed by atoms with Crippen LogP contribution in [-0.2, 0) is 32.6 Å². The van der Waals surface area contributed by atoms with Crippen molar-refractivity contribution in [3.05, 3.63) is 128 Å². The molecule has 0 heterocycles. The number of anilines is 1. The van der Waals surface area contributed by atoms with Gasteiger partial charge in [0.05, 0.1) is 15.6 Å². The van der Waals surface area contributed by atoms with E-state index >= 15 is 0 Å². The lowest BCUT2D eigenvalue weighted by molar-refractivity contribution is -0.140. The minimum absolute atomic E-state index is 0.0177. The molecule has 2 atom stereocenters. The van der Waals surface area contributed by atoms with E-state index in [1.807, 2.05) is 75.4 Å².